The summed E-state index contributed by atoms with van der Waals surface area (Å²) >= 11 is 0. The van der Waals surface area contributed by atoms with Crippen LogP contribution in [-0.2, 0) is 6.18 Å². The first-order valence-electron chi connectivity index (χ1n) is 10.2. The van der Waals surface area contributed by atoms with Crippen molar-refractivity contribution in [1.82, 2.24) is 15.0 Å². The highest BCUT2D eigenvalue weighted by molar-refractivity contribution is 6.05. The molecule has 2 heterocycles. The van der Waals surface area contributed by atoms with Crippen molar-refractivity contribution in [2.75, 3.05) is 7.05 Å². The number of H-pyrrole nitrogens is 1. The van der Waals surface area contributed by atoms with Gasteiger partial charge in [-0.1, -0.05) is 19.1 Å². The number of aromatic nitrogens is 3. The number of nitrogens with zero attached hydrogens (tertiary/aromatic N) is 5. The Morgan fingerprint density at radius 1 is 1.17 bits per heavy atom. The van der Waals surface area contributed by atoms with Gasteiger partial charge in [0.1, 0.15) is 18.0 Å². The number of alkyl halides is 3. The van der Waals surface area contributed by atoms with Crippen molar-refractivity contribution < 1.29 is 17.6 Å². The Morgan fingerprint density at radius 2 is 1.86 bits per heavy atom. The van der Waals surface area contributed by atoms with E-state index in [1.807, 2.05) is 6.92 Å². The largest absolute Gasteiger partial charge is 0.451 e. The number of aromatic amines is 1. The Kier molecular flexibility index (Phi) is 7.74. The molecule has 3 aromatic rings. The second kappa shape index (κ2) is 10.7. The van der Waals surface area contributed by atoms with Gasteiger partial charge in [0.05, 0.1) is 11.4 Å². The van der Waals surface area contributed by atoms with Crippen LogP contribution in [0, 0.1) is 5.82 Å². The zero-order valence-corrected chi connectivity index (χ0v) is 18.8. The van der Waals surface area contributed by atoms with E-state index in [0.717, 1.165) is 12.4 Å². The molecule has 1 atom stereocenters. The molecule has 0 amide bonds. The van der Waals surface area contributed by atoms with Crippen molar-refractivity contribution in [3.63, 3.8) is 0 Å². The maximum Gasteiger partial charge on any atom is 0.451 e. The molecule has 35 heavy (non-hydrogen) atoms. The Bertz CT molecular complexity index is 1290. The summed E-state index contributed by atoms with van der Waals surface area (Å²) in [4.78, 5) is 21.9. The molecule has 0 saturated carbocycles. The molecule has 182 valence electrons. The van der Waals surface area contributed by atoms with E-state index >= 15 is 0 Å². The first-order chi connectivity index (χ1) is 16.7. The number of allylic oxidation sites excluding steroid dienone is 1. The molecular formula is C23H22F4N8. The number of halogens is 4. The summed E-state index contributed by atoms with van der Waals surface area (Å²) in [6, 6.07) is 7.70. The smallest absolute Gasteiger partial charge is 0.404 e. The minimum atomic E-state index is -4.67. The highest BCUT2D eigenvalue weighted by atomic mass is 19.4. The van der Waals surface area contributed by atoms with Gasteiger partial charge in [-0.05, 0) is 30.0 Å². The van der Waals surface area contributed by atoms with Gasteiger partial charge in [-0.15, -0.1) is 0 Å². The molecule has 0 radical (unpaired) electrons. The van der Waals surface area contributed by atoms with E-state index in [4.69, 9.17) is 11.5 Å². The molecule has 0 saturated heterocycles. The molecule has 0 aliphatic carbocycles. The second-order valence-electron chi connectivity index (χ2n) is 7.29. The molecule has 5 N–H and O–H groups in total. The summed E-state index contributed by atoms with van der Waals surface area (Å²) in [6.45, 7) is 1.82. The normalized spacial score (nSPS) is 14.2. The molecule has 3 rings (SSSR count). The first kappa shape index (κ1) is 25.3. The van der Waals surface area contributed by atoms with Gasteiger partial charge >= 0.3 is 6.18 Å². The van der Waals surface area contributed by atoms with E-state index in [2.05, 4.69) is 29.9 Å². The fourth-order valence-electron chi connectivity index (χ4n) is 3.12. The van der Waals surface area contributed by atoms with Gasteiger partial charge in [0.2, 0.25) is 5.82 Å². The van der Waals surface area contributed by atoms with E-state index in [9.17, 15) is 17.6 Å². The van der Waals surface area contributed by atoms with Gasteiger partial charge in [0.25, 0.3) is 0 Å². The quantitative estimate of drug-likeness (QED) is 0.260. The summed E-state index contributed by atoms with van der Waals surface area (Å²) in [7, 11) is 1.51. The fraction of sp³-hybridized carbons (Fsp3) is 0.174. The molecule has 0 bridgehead atoms. The molecule has 1 unspecified atom stereocenters. The van der Waals surface area contributed by atoms with Gasteiger partial charge in [0.15, 0.2) is 0 Å². The lowest BCUT2D eigenvalue weighted by atomic mass is 9.98. The van der Waals surface area contributed by atoms with Crippen LogP contribution in [0.15, 0.2) is 69.5 Å². The lowest BCUT2D eigenvalue weighted by Gasteiger charge is -2.10. The average Bonchev–Trinajstić information content (AvgIpc) is 3.29. The van der Waals surface area contributed by atoms with E-state index in [1.54, 1.807) is 18.2 Å². The molecule has 12 heteroatoms. The maximum absolute atomic E-state index is 13.9. The van der Waals surface area contributed by atoms with Crippen molar-refractivity contribution in [2.45, 2.75) is 19.0 Å². The molecular weight excluding hydrogens is 464 g/mol. The van der Waals surface area contributed by atoms with Crippen LogP contribution in [0.2, 0.25) is 0 Å². The van der Waals surface area contributed by atoms with Crippen molar-refractivity contribution in [1.29, 1.82) is 0 Å². The van der Waals surface area contributed by atoms with Gasteiger partial charge in [-0.25, -0.2) is 19.4 Å². The average molecular weight is 486 g/mol. The number of nitrogens with two attached hydrogens (primary N) is 2. The predicted octanol–water partition coefficient (Wildman–Crippen LogP) is 4.34. The van der Waals surface area contributed by atoms with Crippen molar-refractivity contribution in [3.05, 3.63) is 77.5 Å². The third kappa shape index (κ3) is 5.96. The van der Waals surface area contributed by atoms with Crippen LogP contribution in [0.3, 0.4) is 0 Å². The maximum atomic E-state index is 13.9. The summed E-state index contributed by atoms with van der Waals surface area (Å²) in [5.74, 6) is -2.08. The Balaban J connectivity index is 2.02. The third-order valence-corrected chi connectivity index (χ3v) is 4.99. The molecule has 2 aromatic heterocycles. The number of amidine groups is 1. The first-order valence-corrected chi connectivity index (χ1v) is 10.2. The van der Waals surface area contributed by atoms with Gasteiger partial charge in [0, 0.05) is 48.4 Å². The summed E-state index contributed by atoms with van der Waals surface area (Å²) < 4.78 is 52.6. The van der Waals surface area contributed by atoms with Gasteiger partial charge in [-0.3, -0.25) is 9.98 Å². The van der Waals surface area contributed by atoms with E-state index in [1.165, 1.54) is 37.9 Å². The van der Waals surface area contributed by atoms with Crippen LogP contribution in [0.5, 0.6) is 0 Å². The monoisotopic (exact) mass is 486 g/mol. The van der Waals surface area contributed by atoms with Crippen LogP contribution in [0.4, 0.5) is 23.2 Å². The molecule has 8 nitrogen and oxygen atoms in total. The highest BCUT2D eigenvalue weighted by Crippen LogP contribution is 2.32. The number of para-hydroxylation sites is 1. The molecule has 0 spiro atoms. The topological polar surface area (TPSA) is 131 Å². The SMILES string of the molecule is CN=CN=C(N)c1[nH]c(C(C)C(C=Nc2ccccc2F)=CN)cc1-c1cnc(C(F)(F)F)nc1. The number of hydrogen-bond acceptors (Lipinski definition) is 5. The van der Waals surface area contributed by atoms with E-state index in [-0.39, 0.29) is 23.0 Å². The zero-order chi connectivity index (χ0) is 25.6. The lowest BCUT2D eigenvalue weighted by molar-refractivity contribution is -0.144. The molecule has 0 aliphatic rings. The van der Waals surface area contributed by atoms with Crippen LogP contribution >= 0.6 is 0 Å². The van der Waals surface area contributed by atoms with Gasteiger partial charge < -0.3 is 16.5 Å². The minimum absolute atomic E-state index is 0.0437. The number of hydrogen-bond donors (Lipinski definition) is 3. The third-order valence-electron chi connectivity index (χ3n) is 4.99. The Hall–Kier alpha value is -4.35. The fourth-order valence-corrected chi connectivity index (χ4v) is 3.12. The summed E-state index contributed by atoms with van der Waals surface area (Å²) in [6.07, 6.45) is 1.44. The van der Waals surface area contributed by atoms with E-state index < -0.39 is 17.8 Å². The minimum Gasteiger partial charge on any atom is -0.404 e. The zero-order valence-electron chi connectivity index (χ0n) is 18.8. The van der Waals surface area contributed by atoms with Crippen LogP contribution in [0.1, 0.15) is 30.1 Å². The Labute approximate surface area is 198 Å². The number of nitrogens with one attached hydrogen (secondary N) is 1. The molecule has 0 fully saturated rings. The van der Waals surface area contributed by atoms with Gasteiger partial charge in [-0.2, -0.15) is 13.2 Å². The van der Waals surface area contributed by atoms with Crippen LogP contribution in [-0.4, -0.2) is 40.4 Å². The van der Waals surface area contributed by atoms with E-state index in [0.29, 0.717) is 22.5 Å². The lowest BCUT2D eigenvalue weighted by Crippen LogP contribution is -2.16. The predicted molar refractivity (Wildman–Crippen MR) is 127 cm³/mol. The Morgan fingerprint density at radius 3 is 2.46 bits per heavy atom. The standard InChI is InChI=1S/C23H22F4N8/c1-13(14(8-28)9-31-18-6-4-3-5-17(18)24)19-7-16(20(35-19)21(29)34-12-30-2)15-10-32-22(33-11-15)23(25,26)27/h3-13,35H,28H2,1-2H3,(H2,29,30,34). The highest BCUT2D eigenvalue weighted by Gasteiger charge is 2.34. The summed E-state index contributed by atoms with van der Waals surface area (Å²) in [5.41, 5.74) is 14.2. The van der Waals surface area contributed by atoms with Crippen LogP contribution in [0.25, 0.3) is 11.1 Å². The number of rotatable bonds is 7. The van der Waals surface area contributed by atoms with Crippen molar-refractivity contribution in [2.24, 2.45) is 26.4 Å². The molecule has 1 aromatic carbocycles. The summed E-state index contributed by atoms with van der Waals surface area (Å²) in [5, 5.41) is 0. The molecule has 0 aliphatic heterocycles. The van der Waals surface area contributed by atoms with Crippen LogP contribution < -0.4 is 11.5 Å². The number of benzene rings is 1. The number of aliphatic imine (C=N–C) groups is 3. The van der Waals surface area contributed by atoms with Crippen molar-refractivity contribution >= 4 is 24.1 Å². The van der Waals surface area contributed by atoms with Crippen molar-refractivity contribution in [3.8, 4) is 11.1 Å². The second-order valence-corrected chi connectivity index (χ2v) is 7.29.